The second-order valence-corrected chi connectivity index (χ2v) is 9.74. The normalized spacial score (nSPS) is 21.7. The molecule has 0 bridgehead atoms. The fourth-order valence-corrected chi connectivity index (χ4v) is 4.39. The van der Waals surface area contributed by atoms with Gasteiger partial charge in [-0.1, -0.05) is 51.4 Å². The molecule has 0 unspecified atom stereocenters. The van der Waals surface area contributed by atoms with E-state index in [1.165, 1.54) is 6.33 Å². The standard InChI is InChI=1S/C23H31ClN4O3/c1-15(2)20(27-19(29)11-18-12-25-14-26-18)21(30)28-10-9-23(31,22(3,4)13-28)16-5-7-17(24)8-6-16/h5-8,12,14-15,20,31H,9-11,13H2,1-4H3,(H,25,26)(H,27,29)/t20-,23+/m1/s1. The van der Waals surface area contributed by atoms with Crippen LogP contribution in [0.2, 0.25) is 5.02 Å². The van der Waals surface area contributed by atoms with Crippen molar-refractivity contribution in [2.75, 3.05) is 13.1 Å². The Hall–Kier alpha value is -2.38. The molecule has 1 saturated heterocycles. The largest absolute Gasteiger partial charge is 0.384 e. The van der Waals surface area contributed by atoms with Gasteiger partial charge in [0, 0.05) is 35.4 Å². The minimum Gasteiger partial charge on any atom is -0.384 e. The molecule has 168 valence electrons. The number of halogens is 1. The third-order valence-corrected chi connectivity index (χ3v) is 6.49. The third-order valence-electron chi connectivity index (χ3n) is 6.24. The number of rotatable bonds is 6. The maximum Gasteiger partial charge on any atom is 0.245 e. The number of benzene rings is 1. The summed E-state index contributed by atoms with van der Waals surface area (Å²) in [7, 11) is 0. The van der Waals surface area contributed by atoms with Crippen molar-refractivity contribution in [3.63, 3.8) is 0 Å². The summed E-state index contributed by atoms with van der Waals surface area (Å²) in [6.45, 7) is 8.53. The summed E-state index contributed by atoms with van der Waals surface area (Å²) in [5.74, 6) is -0.428. The predicted molar refractivity (Wildman–Crippen MR) is 119 cm³/mol. The highest BCUT2D eigenvalue weighted by Gasteiger charge is 2.50. The molecule has 0 radical (unpaired) electrons. The zero-order valence-corrected chi connectivity index (χ0v) is 19.2. The van der Waals surface area contributed by atoms with Crippen LogP contribution in [0.15, 0.2) is 36.8 Å². The van der Waals surface area contributed by atoms with Crippen LogP contribution in [-0.4, -0.2) is 50.9 Å². The SMILES string of the molecule is CC(C)[C@@H](NC(=O)Cc1cnc[nH]1)C(=O)N1CC[C@](O)(c2ccc(Cl)cc2)C(C)(C)C1. The van der Waals surface area contributed by atoms with Gasteiger partial charge in [0.1, 0.15) is 6.04 Å². The molecule has 7 nitrogen and oxygen atoms in total. The first-order valence-electron chi connectivity index (χ1n) is 10.6. The number of H-pyrrole nitrogens is 1. The summed E-state index contributed by atoms with van der Waals surface area (Å²) in [5, 5.41) is 15.0. The first-order valence-corrected chi connectivity index (χ1v) is 10.9. The molecule has 3 N–H and O–H groups in total. The van der Waals surface area contributed by atoms with E-state index in [-0.39, 0.29) is 24.2 Å². The van der Waals surface area contributed by atoms with Gasteiger partial charge in [-0.2, -0.15) is 0 Å². The van der Waals surface area contributed by atoms with E-state index in [1.807, 2.05) is 39.8 Å². The van der Waals surface area contributed by atoms with Gasteiger partial charge in [0.25, 0.3) is 0 Å². The maximum absolute atomic E-state index is 13.3. The smallest absolute Gasteiger partial charge is 0.245 e. The average Bonchev–Trinajstić information content (AvgIpc) is 3.21. The van der Waals surface area contributed by atoms with Crippen LogP contribution in [0, 0.1) is 11.3 Å². The van der Waals surface area contributed by atoms with E-state index < -0.39 is 17.1 Å². The number of piperidine rings is 1. The monoisotopic (exact) mass is 446 g/mol. The Morgan fingerprint density at radius 3 is 2.52 bits per heavy atom. The van der Waals surface area contributed by atoms with Gasteiger partial charge < -0.3 is 20.3 Å². The van der Waals surface area contributed by atoms with E-state index in [0.29, 0.717) is 30.2 Å². The van der Waals surface area contributed by atoms with E-state index in [0.717, 1.165) is 5.56 Å². The predicted octanol–water partition coefficient (Wildman–Crippen LogP) is 2.89. The molecule has 2 aromatic rings. The summed E-state index contributed by atoms with van der Waals surface area (Å²) in [6, 6.07) is 6.59. The lowest BCUT2D eigenvalue weighted by Gasteiger charge is -2.51. The minimum absolute atomic E-state index is 0.0709. The number of carbonyl (C=O) groups excluding carboxylic acids is 2. The molecule has 0 saturated carbocycles. The lowest BCUT2D eigenvalue weighted by molar-refractivity contribution is -0.156. The molecule has 1 fully saturated rings. The molecule has 31 heavy (non-hydrogen) atoms. The minimum atomic E-state index is -1.08. The molecule has 2 amide bonds. The number of aromatic amines is 1. The fourth-order valence-electron chi connectivity index (χ4n) is 4.26. The van der Waals surface area contributed by atoms with Gasteiger partial charge in [0.2, 0.25) is 11.8 Å². The Morgan fingerprint density at radius 2 is 1.97 bits per heavy atom. The van der Waals surface area contributed by atoms with Crippen LogP contribution in [0.1, 0.15) is 45.4 Å². The van der Waals surface area contributed by atoms with Crippen LogP contribution in [0.4, 0.5) is 0 Å². The Morgan fingerprint density at radius 1 is 1.29 bits per heavy atom. The second kappa shape index (κ2) is 9.01. The number of carbonyl (C=O) groups is 2. The highest BCUT2D eigenvalue weighted by atomic mass is 35.5. The van der Waals surface area contributed by atoms with Crippen molar-refractivity contribution in [1.82, 2.24) is 20.2 Å². The molecule has 1 aromatic heterocycles. The molecule has 1 aromatic carbocycles. The lowest BCUT2D eigenvalue weighted by Crippen LogP contribution is -2.60. The van der Waals surface area contributed by atoms with Crippen molar-refractivity contribution < 1.29 is 14.7 Å². The number of amides is 2. The Labute approximate surface area is 188 Å². The molecule has 1 aliphatic heterocycles. The molecular formula is C23H31ClN4O3. The molecule has 0 spiro atoms. The first-order chi connectivity index (χ1) is 14.5. The van der Waals surface area contributed by atoms with Crippen molar-refractivity contribution in [2.45, 2.75) is 52.2 Å². The van der Waals surface area contributed by atoms with Crippen molar-refractivity contribution in [3.05, 3.63) is 53.1 Å². The van der Waals surface area contributed by atoms with E-state index in [2.05, 4.69) is 15.3 Å². The van der Waals surface area contributed by atoms with Gasteiger partial charge in [0.05, 0.1) is 18.3 Å². The van der Waals surface area contributed by atoms with Crippen molar-refractivity contribution >= 4 is 23.4 Å². The highest BCUT2D eigenvalue weighted by molar-refractivity contribution is 6.30. The second-order valence-electron chi connectivity index (χ2n) is 9.30. The van der Waals surface area contributed by atoms with Crippen molar-refractivity contribution in [2.24, 2.45) is 11.3 Å². The molecule has 1 aliphatic rings. The van der Waals surface area contributed by atoms with E-state index in [9.17, 15) is 14.7 Å². The number of imidazole rings is 1. The number of hydrogen-bond donors (Lipinski definition) is 3. The Kier molecular flexibility index (Phi) is 6.76. The molecule has 3 rings (SSSR count). The van der Waals surface area contributed by atoms with Gasteiger partial charge in [-0.3, -0.25) is 9.59 Å². The Balaban J connectivity index is 1.72. The zero-order chi connectivity index (χ0) is 22.8. The maximum atomic E-state index is 13.3. The zero-order valence-electron chi connectivity index (χ0n) is 18.5. The van der Waals surface area contributed by atoms with Crippen molar-refractivity contribution in [1.29, 1.82) is 0 Å². The number of aromatic nitrogens is 2. The quantitative estimate of drug-likeness (QED) is 0.635. The van der Waals surface area contributed by atoms with Crippen LogP contribution >= 0.6 is 11.6 Å². The first kappa shape index (κ1) is 23.3. The third kappa shape index (κ3) is 4.93. The number of nitrogens with one attached hydrogen (secondary N) is 2. The van der Waals surface area contributed by atoms with Gasteiger partial charge in [-0.25, -0.2) is 4.98 Å². The highest BCUT2D eigenvalue weighted by Crippen LogP contribution is 2.46. The van der Waals surface area contributed by atoms with Crippen LogP contribution in [-0.2, 0) is 21.6 Å². The number of nitrogens with zero attached hydrogens (tertiary/aromatic N) is 2. The summed E-state index contributed by atoms with van der Waals surface area (Å²) in [4.78, 5) is 34.4. The average molecular weight is 447 g/mol. The van der Waals surface area contributed by atoms with Crippen LogP contribution < -0.4 is 5.32 Å². The molecule has 2 heterocycles. The Bertz CT molecular complexity index is 911. The molecule has 2 atom stereocenters. The lowest BCUT2D eigenvalue weighted by atomic mass is 9.66. The van der Waals surface area contributed by atoms with Gasteiger partial charge in [0.15, 0.2) is 0 Å². The van der Waals surface area contributed by atoms with E-state index in [1.54, 1.807) is 23.2 Å². The van der Waals surface area contributed by atoms with Gasteiger partial charge >= 0.3 is 0 Å². The van der Waals surface area contributed by atoms with E-state index in [4.69, 9.17) is 11.6 Å². The fraction of sp³-hybridized carbons (Fsp3) is 0.522. The number of hydrogen-bond acceptors (Lipinski definition) is 4. The number of likely N-dealkylation sites (tertiary alicyclic amines) is 1. The summed E-state index contributed by atoms with van der Waals surface area (Å²) < 4.78 is 0. The summed E-state index contributed by atoms with van der Waals surface area (Å²) >= 11 is 6.01. The molecule has 8 heteroatoms. The topological polar surface area (TPSA) is 98.3 Å². The van der Waals surface area contributed by atoms with E-state index >= 15 is 0 Å². The van der Waals surface area contributed by atoms with Gasteiger partial charge in [-0.15, -0.1) is 0 Å². The summed E-state index contributed by atoms with van der Waals surface area (Å²) in [5.41, 5.74) is -0.177. The van der Waals surface area contributed by atoms with Gasteiger partial charge in [-0.05, 0) is 30.0 Å². The summed E-state index contributed by atoms with van der Waals surface area (Å²) in [6.07, 6.45) is 3.65. The van der Waals surface area contributed by atoms with Crippen LogP contribution in [0.5, 0.6) is 0 Å². The number of aliphatic hydroxyl groups is 1. The van der Waals surface area contributed by atoms with Crippen LogP contribution in [0.3, 0.4) is 0 Å². The van der Waals surface area contributed by atoms with Crippen LogP contribution in [0.25, 0.3) is 0 Å². The van der Waals surface area contributed by atoms with Crippen molar-refractivity contribution in [3.8, 4) is 0 Å². The molecule has 0 aliphatic carbocycles. The molecular weight excluding hydrogens is 416 g/mol.